The van der Waals surface area contributed by atoms with E-state index in [0.29, 0.717) is 5.69 Å². The fraction of sp³-hybridized carbons (Fsp3) is 0.143. The molecule has 0 saturated heterocycles. The number of rotatable bonds is 8. The molecule has 2 N–H and O–H groups in total. The van der Waals surface area contributed by atoms with Crippen LogP contribution in [0.3, 0.4) is 0 Å². The van der Waals surface area contributed by atoms with Crippen molar-refractivity contribution in [2.75, 3.05) is 18.5 Å². The molecule has 0 aliphatic carbocycles. The van der Waals surface area contributed by atoms with Gasteiger partial charge in [0.15, 0.2) is 0 Å². The number of carbonyl (C=O) groups is 2. The number of anilines is 1. The Labute approximate surface area is 198 Å². The topological polar surface area (TPSA) is 76.7 Å². The van der Waals surface area contributed by atoms with Crippen molar-refractivity contribution in [2.45, 2.75) is 13.0 Å². The second-order valence-electron chi connectivity index (χ2n) is 7.77. The van der Waals surface area contributed by atoms with Crippen LogP contribution in [-0.4, -0.2) is 25.3 Å². The highest BCUT2D eigenvalue weighted by Crippen LogP contribution is 2.26. The van der Waals surface area contributed by atoms with Gasteiger partial charge in [-0.3, -0.25) is 5.32 Å². The number of alkyl carbamates (subject to hydrolysis) is 1. The first-order valence-electron chi connectivity index (χ1n) is 11.1. The van der Waals surface area contributed by atoms with Crippen LogP contribution < -0.4 is 10.6 Å². The summed E-state index contributed by atoms with van der Waals surface area (Å²) >= 11 is 0. The number of fused-ring (bicyclic) bond motifs is 1. The molecule has 2 amide bonds. The maximum absolute atomic E-state index is 12.3. The minimum absolute atomic E-state index is 0.0241. The molecule has 6 nitrogen and oxygen atoms in total. The molecule has 34 heavy (non-hydrogen) atoms. The van der Waals surface area contributed by atoms with Gasteiger partial charge in [-0.15, -0.1) is 0 Å². The van der Waals surface area contributed by atoms with Gasteiger partial charge in [0.25, 0.3) is 0 Å². The van der Waals surface area contributed by atoms with E-state index in [1.54, 1.807) is 0 Å². The van der Waals surface area contributed by atoms with Gasteiger partial charge in [-0.05, 0) is 40.6 Å². The number of amides is 2. The first kappa shape index (κ1) is 22.9. The van der Waals surface area contributed by atoms with Crippen LogP contribution in [0.5, 0.6) is 0 Å². The van der Waals surface area contributed by atoms with Crippen LogP contribution in [0, 0.1) is 0 Å². The van der Waals surface area contributed by atoms with E-state index in [0.717, 1.165) is 28.3 Å². The molecule has 172 valence electrons. The highest BCUT2D eigenvalue weighted by molar-refractivity contribution is 6.00. The lowest BCUT2D eigenvalue weighted by Crippen LogP contribution is -2.29. The van der Waals surface area contributed by atoms with Crippen molar-refractivity contribution in [1.82, 2.24) is 5.32 Å². The molecule has 0 aromatic heterocycles. The molecular weight excluding hydrogens is 428 g/mol. The molecule has 0 aliphatic heterocycles. The molecule has 0 unspecified atom stereocenters. The zero-order valence-corrected chi connectivity index (χ0v) is 18.7. The maximum atomic E-state index is 12.3. The number of hydrogen-bond acceptors (Lipinski definition) is 4. The predicted molar refractivity (Wildman–Crippen MR) is 133 cm³/mol. The van der Waals surface area contributed by atoms with E-state index in [1.165, 1.54) is 5.56 Å². The standard InChI is InChI=1S/C28H26N2O4/c31-27(34-20-22-10-5-2-6-11-22)29-16-17-33-28(32)30-26-13-7-12-24-15-14-23(19-25(24)26)18-21-8-3-1-4-9-21/h1-15,19H,16-18,20H2,(H,29,31)(H,30,32). The zero-order chi connectivity index (χ0) is 23.6. The second kappa shape index (κ2) is 11.5. The lowest BCUT2D eigenvalue weighted by molar-refractivity contribution is 0.132. The summed E-state index contributed by atoms with van der Waals surface area (Å²) in [6.45, 7) is 0.357. The molecule has 0 radical (unpaired) electrons. The lowest BCUT2D eigenvalue weighted by Gasteiger charge is -2.11. The van der Waals surface area contributed by atoms with E-state index in [4.69, 9.17) is 9.47 Å². The van der Waals surface area contributed by atoms with Gasteiger partial charge in [0.05, 0.1) is 12.2 Å². The minimum Gasteiger partial charge on any atom is -0.447 e. The van der Waals surface area contributed by atoms with Crippen LogP contribution in [0.1, 0.15) is 16.7 Å². The van der Waals surface area contributed by atoms with E-state index in [1.807, 2.05) is 66.7 Å². The van der Waals surface area contributed by atoms with Crippen LogP contribution >= 0.6 is 0 Å². The average molecular weight is 455 g/mol. The van der Waals surface area contributed by atoms with E-state index in [2.05, 4.69) is 41.0 Å². The van der Waals surface area contributed by atoms with Crippen LogP contribution in [0.25, 0.3) is 10.8 Å². The molecule has 0 bridgehead atoms. The van der Waals surface area contributed by atoms with Crippen molar-refractivity contribution in [3.63, 3.8) is 0 Å². The molecule has 4 aromatic rings. The molecule has 6 heteroatoms. The van der Waals surface area contributed by atoms with Crippen molar-refractivity contribution < 1.29 is 19.1 Å². The van der Waals surface area contributed by atoms with Gasteiger partial charge in [0, 0.05) is 5.39 Å². The van der Waals surface area contributed by atoms with Crippen LogP contribution in [-0.2, 0) is 22.5 Å². The Bertz CT molecular complexity index is 1240. The molecule has 0 spiro atoms. The second-order valence-corrected chi connectivity index (χ2v) is 7.77. The molecule has 0 heterocycles. The molecule has 0 aliphatic rings. The summed E-state index contributed by atoms with van der Waals surface area (Å²) < 4.78 is 10.3. The molecular formula is C28H26N2O4. The summed E-state index contributed by atoms with van der Waals surface area (Å²) in [5.74, 6) is 0. The maximum Gasteiger partial charge on any atom is 0.411 e. The molecule has 4 aromatic carbocycles. The third kappa shape index (κ3) is 6.59. The Hall–Kier alpha value is -4.32. The highest BCUT2D eigenvalue weighted by Gasteiger charge is 2.09. The Morgan fingerprint density at radius 3 is 2.18 bits per heavy atom. The summed E-state index contributed by atoms with van der Waals surface area (Å²) in [4.78, 5) is 24.1. The minimum atomic E-state index is -0.583. The summed E-state index contributed by atoms with van der Waals surface area (Å²) in [5.41, 5.74) is 3.95. The first-order valence-corrected chi connectivity index (χ1v) is 11.1. The lowest BCUT2D eigenvalue weighted by atomic mass is 10.0. The summed E-state index contributed by atoms with van der Waals surface area (Å²) in [6, 6.07) is 31.6. The quantitative estimate of drug-likeness (QED) is 0.325. The van der Waals surface area contributed by atoms with Crippen molar-refractivity contribution >= 4 is 28.6 Å². The van der Waals surface area contributed by atoms with Gasteiger partial charge >= 0.3 is 12.2 Å². The summed E-state index contributed by atoms with van der Waals surface area (Å²) in [7, 11) is 0. The fourth-order valence-electron chi connectivity index (χ4n) is 3.59. The Balaban J connectivity index is 1.26. The number of nitrogens with one attached hydrogen (secondary N) is 2. The van der Waals surface area contributed by atoms with Crippen LogP contribution in [0.2, 0.25) is 0 Å². The Morgan fingerprint density at radius 1 is 0.676 bits per heavy atom. The van der Waals surface area contributed by atoms with Crippen molar-refractivity contribution in [3.05, 3.63) is 114 Å². The van der Waals surface area contributed by atoms with E-state index in [9.17, 15) is 9.59 Å². The third-order valence-corrected chi connectivity index (χ3v) is 5.25. The molecule has 0 fully saturated rings. The van der Waals surface area contributed by atoms with E-state index in [-0.39, 0.29) is 19.8 Å². The SMILES string of the molecule is O=C(NCCOC(=O)Nc1cccc2ccc(Cc3ccccc3)cc12)OCc1ccccc1. The Kier molecular flexibility index (Phi) is 7.74. The number of carbonyl (C=O) groups excluding carboxylic acids is 2. The third-order valence-electron chi connectivity index (χ3n) is 5.25. The highest BCUT2D eigenvalue weighted by atomic mass is 16.6. The summed E-state index contributed by atoms with van der Waals surface area (Å²) in [5, 5.41) is 7.34. The smallest absolute Gasteiger partial charge is 0.411 e. The molecule has 4 rings (SSSR count). The zero-order valence-electron chi connectivity index (χ0n) is 18.7. The van der Waals surface area contributed by atoms with Crippen molar-refractivity contribution in [2.24, 2.45) is 0 Å². The van der Waals surface area contributed by atoms with Crippen LogP contribution in [0.4, 0.5) is 15.3 Å². The Morgan fingerprint density at radius 2 is 1.41 bits per heavy atom. The molecule has 0 atom stereocenters. The molecule has 0 saturated carbocycles. The predicted octanol–water partition coefficient (Wildman–Crippen LogP) is 5.91. The van der Waals surface area contributed by atoms with E-state index >= 15 is 0 Å². The van der Waals surface area contributed by atoms with Gasteiger partial charge in [0.2, 0.25) is 0 Å². The number of ether oxygens (including phenoxy) is 2. The summed E-state index contributed by atoms with van der Waals surface area (Å²) in [6.07, 6.45) is -0.338. The van der Waals surface area contributed by atoms with Crippen LogP contribution in [0.15, 0.2) is 97.1 Å². The fourth-order valence-corrected chi connectivity index (χ4v) is 3.59. The monoisotopic (exact) mass is 454 g/mol. The van der Waals surface area contributed by atoms with Gasteiger partial charge in [-0.1, -0.05) is 84.9 Å². The van der Waals surface area contributed by atoms with Gasteiger partial charge in [0.1, 0.15) is 13.2 Å². The van der Waals surface area contributed by atoms with E-state index < -0.39 is 12.2 Å². The van der Waals surface area contributed by atoms with Crippen molar-refractivity contribution in [1.29, 1.82) is 0 Å². The number of benzene rings is 4. The first-order chi connectivity index (χ1) is 16.7. The van der Waals surface area contributed by atoms with Crippen molar-refractivity contribution in [3.8, 4) is 0 Å². The van der Waals surface area contributed by atoms with Gasteiger partial charge in [-0.25, -0.2) is 9.59 Å². The van der Waals surface area contributed by atoms with Gasteiger partial charge in [-0.2, -0.15) is 0 Å². The normalized spacial score (nSPS) is 10.5. The number of hydrogen-bond donors (Lipinski definition) is 2. The average Bonchev–Trinajstić information content (AvgIpc) is 2.87. The van der Waals surface area contributed by atoms with Gasteiger partial charge < -0.3 is 14.8 Å². The largest absolute Gasteiger partial charge is 0.447 e.